The molecule has 1 aliphatic heterocycles. The number of aromatic nitrogens is 2. The first kappa shape index (κ1) is 16.8. The molecule has 1 unspecified atom stereocenters. The van der Waals surface area contributed by atoms with Gasteiger partial charge in [0, 0.05) is 25.2 Å². The maximum absolute atomic E-state index is 5.86. The fourth-order valence-corrected chi connectivity index (χ4v) is 3.42. The van der Waals surface area contributed by atoms with E-state index in [1.54, 1.807) is 7.11 Å². The third-order valence-electron chi connectivity index (χ3n) is 4.57. The maximum Gasteiger partial charge on any atom is 0.216 e. The quantitative estimate of drug-likeness (QED) is 0.911. The minimum absolute atomic E-state index is 0.286. The summed E-state index contributed by atoms with van der Waals surface area (Å²) < 4.78 is 13.3. The number of hydrogen-bond donors (Lipinski definition) is 1. The molecule has 1 aliphatic rings. The van der Waals surface area contributed by atoms with Crippen LogP contribution in [-0.4, -0.2) is 23.5 Å². The predicted molar refractivity (Wildman–Crippen MR) is 94.6 cm³/mol. The van der Waals surface area contributed by atoms with Gasteiger partial charge in [-0.25, -0.2) is 4.68 Å². The summed E-state index contributed by atoms with van der Waals surface area (Å²) in [6, 6.07) is 8.60. The molecule has 3 rings (SSSR count). The predicted octanol–water partition coefficient (Wildman–Crippen LogP) is 3.56. The molecule has 5 nitrogen and oxygen atoms in total. The highest BCUT2D eigenvalue weighted by atomic mass is 16.5. The topological polar surface area (TPSA) is 48.3 Å². The summed E-state index contributed by atoms with van der Waals surface area (Å²) in [4.78, 5) is 0. The van der Waals surface area contributed by atoms with Crippen LogP contribution < -0.4 is 14.8 Å². The fourth-order valence-electron chi connectivity index (χ4n) is 3.42. The Morgan fingerprint density at radius 1 is 1.38 bits per heavy atom. The van der Waals surface area contributed by atoms with Crippen LogP contribution in [0.4, 0.5) is 0 Å². The minimum atomic E-state index is 0.286. The summed E-state index contributed by atoms with van der Waals surface area (Å²) in [6.45, 7) is 5.85. The van der Waals surface area contributed by atoms with E-state index >= 15 is 0 Å². The van der Waals surface area contributed by atoms with Gasteiger partial charge in [-0.2, -0.15) is 5.10 Å². The van der Waals surface area contributed by atoms with Crippen LogP contribution in [0.5, 0.6) is 11.6 Å². The molecule has 1 aromatic heterocycles. The van der Waals surface area contributed by atoms with E-state index in [0.717, 1.165) is 48.9 Å². The van der Waals surface area contributed by atoms with E-state index in [9.17, 15) is 0 Å². The SMILES string of the molecule is COc1c(CNC2CCCOc3ccccc32)c(C(C)C)nn1C. The van der Waals surface area contributed by atoms with E-state index in [0.29, 0.717) is 5.92 Å². The van der Waals surface area contributed by atoms with Gasteiger partial charge in [0.05, 0.1) is 25.0 Å². The number of hydrogen-bond acceptors (Lipinski definition) is 4. The molecule has 0 saturated carbocycles. The van der Waals surface area contributed by atoms with E-state index < -0.39 is 0 Å². The van der Waals surface area contributed by atoms with Gasteiger partial charge < -0.3 is 14.8 Å². The zero-order valence-electron chi connectivity index (χ0n) is 15.0. The lowest BCUT2D eigenvalue weighted by molar-refractivity contribution is 0.315. The minimum Gasteiger partial charge on any atom is -0.493 e. The van der Waals surface area contributed by atoms with Crippen molar-refractivity contribution in [3.05, 3.63) is 41.1 Å². The summed E-state index contributed by atoms with van der Waals surface area (Å²) in [6.07, 6.45) is 2.12. The van der Waals surface area contributed by atoms with Crippen LogP contribution in [0, 0.1) is 0 Å². The lowest BCUT2D eigenvalue weighted by atomic mass is 10.0. The van der Waals surface area contributed by atoms with Gasteiger partial charge in [0.15, 0.2) is 0 Å². The molecule has 0 aliphatic carbocycles. The zero-order valence-corrected chi connectivity index (χ0v) is 15.0. The molecular weight excluding hydrogens is 302 g/mol. The van der Waals surface area contributed by atoms with Gasteiger partial charge in [0.2, 0.25) is 5.88 Å². The molecule has 0 fully saturated rings. The molecule has 0 amide bonds. The second-order valence-corrected chi connectivity index (χ2v) is 6.61. The Morgan fingerprint density at radius 2 is 2.17 bits per heavy atom. The summed E-state index contributed by atoms with van der Waals surface area (Å²) in [5.74, 6) is 2.20. The number of benzene rings is 1. The Labute approximate surface area is 144 Å². The molecule has 0 saturated heterocycles. The molecule has 130 valence electrons. The highest BCUT2D eigenvalue weighted by molar-refractivity contribution is 5.37. The van der Waals surface area contributed by atoms with Gasteiger partial charge in [-0.3, -0.25) is 0 Å². The lowest BCUT2D eigenvalue weighted by Gasteiger charge is -2.19. The molecular formula is C19H27N3O2. The van der Waals surface area contributed by atoms with Crippen molar-refractivity contribution in [3.63, 3.8) is 0 Å². The zero-order chi connectivity index (χ0) is 17.1. The van der Waals surface area contributed by atoms with Crippen molar-refractivity contribution < 1.29 is 9.47 Å². The second-order valence-electron chi connectivity index (χ2n) is 6.61. The fraction of sp³-hybridized carbons (Fsp3) is 0.526. The molecule has 1 N–H and O–H groups in total. The van der Waals surface area contributed by atoms with Crippen LogP contribution in [0.2, 0.25) is 0 Å². The molecule has 0 radical (unpaired) electrons. The third-order valence-corrected chi connectivity index (χ3v) is 4.57. The van der Waals surface area contributed by atoms with Crippen LogP contribution in [-0.2, 0) is 13.6 Å². The number of aryl methyl sites for hydroxylation is 1. The van der Waals surface area contributed by atoms with E-state index in [1.165, 1.54) is 5.56 Å². The lowest BCUT2D eigenvalue weighted by Crippen LogP contribution is -2.21. The third kappa shape index (κ3) is 3.26. The van der Waals surface area contributed by atoms with Crippen LogP contribution in [0.25, 0.3) is 0 Å². The van der Waals surface area contributed by atoms with E-state index in [2.05, 4.69) is 42.5 Å². The summed E-state index contributed by atoms with van der Waals surface area (Å²) in [5, 5.41) is 8.34. The van der Waals surface area contributed by atoms with Crippen molar-refractivity contribution in [1.82, 2.24) is 15.1 Å². The van der Waals surface area contributed by atoms with Crippen LogP contribution in [0.3, 0.4) is 0 Å². The number of methoxy groups -OCH3 is 1. The molecule has 5 heteroatoms. The molecule has 24 heavy (non-hydrogen) atoms. The first-order chi connectivity index (χ1) is 11.6. The number of nitrogens with one attached hydrogen (secondary N) is 1. The Kier molecular flexibility index (Phi) is 5.09. The molecule has 2 heterocycles. The number of ether oxygens (including phenoxy) is 2. The average Bonchev–Trinajstić information content (AvgIpc) is 2.76. The maximum atomic E-state index is 5.86. The Bertz CT molecular complexity index is 694. The molecule has 2 aromatic rings. The summed E-state index contributed by atoms with van der Waals surface area (Å²) >= 11 is 0. The van der Waals surface area contributed by atoms with Crippen molar-refractivity contribution in [1.29, 1.82) is 0 Å². The Morgan fingerprint density at radius 3 is 2.92 bits per heavy atom. The number of nitrogens with zero attached hydrogens (tertiary/aromatic N) is 2. The van der Waals surface area contributed by atoms with Gasteiger partial charge in [-0.15, -0.1) is 0 Å². The van der Waals surface area contributed by atoms with Gasteiger partial charge >= 0.3 is 0 Å². The van der Waals surface area contributed by atoms with Crippen LogP contribution in [0.1, 0.15) is 55.5 Å². The first-order valence-corrected chi connectivity index (χ1v) is 8.66. The van der Waals surface area contributed by atoms with Gasteiger partial charge in [-0.05, 0) is 24.8 Å². The Hall–Kier alpha value is -2.01. The van der Waals surface area contributed by atoms with E-state index in [1.807, 2.05) is 17.8 Å². The monoisotopic (exact) mass is 329 g/mol. The van der Waals surface area contributed by atoms with Crippen LogP contribution in [0.15, 0.2) is 24.3 Å². The number of para-hydroxylation sites is 1. The first-order valence-electron chi connectivity index (χ1n) is 8.66. The molecule has 0 spiro atoms. The summed E-state index contributed by atoms with van der Waals surface area (Å²) in [5.41, 5.74) is 3.49. The van der Waals surface area contributed by atoms with Crippen molar-refractivity contribution >= 4 is 0 Å². The average molecular weight is 329 g/mol. The molecule has 0 bridgehead atoms. The number of rotatable bonds is 5. The second kappa shape index (κ2) is 7.26. The van der Waals surface area contributed by atoms with Crippen molar-refractivity contribution in [2.45, 2.75) is 45.2 Å². The standard InChI is InChI=1S/C19H27N3O2/c1-13(2)18-15(19(23-4)22(3)21-18)12-20-16-9-7-11-24-17-10-6-5-8-14(16)17/h5-6,8,10,13,16,20H,7,9,11-12H2,1-4H3. The van der Waals surface area contributed by atoms with Crippen molar-refractivity contribution in [2.24, 2.45) is 7.05 Å². The normalized spacial score (nSPS) is 17.3. The number of fused-ring (bicyclic) bond motifs is 1. The van der Waals surface area contributed by atoms with Gasteiger partial charge in [0.25, 0.3) is 0 Å². The highest BCUT2D eigenvalue weighted by Gasteiger charge is 2.23. The van der Waals surface area contributed by atoms with Crippen molar-refractivity contribution in [2.75, 3.05) is 13.7 Å². The van der Waals surface area contributed by atoms with Gasteiger partial charge in [-0.1, -0.05) is 32.0 Å². The molecule has 1 aromatic carbocycles. The van der Waals surface area contributed by atoms with E-state index in [4.69, 9.17) is 9.47 Å². The van der Waals surface area contributed by atoms with Crippen LogP contribution >= 0.6 is 0 Å². The van der Waals surface area contributed by atoms with Crippen molar-refractivity contribution in [3.8, 4) is 11.6 Å². The summed E-state index contributed by atoms with van der Waals surface area (Å²) in [7, 11) is 3.64. The molecule has 1 atom stereocenters. The highest BCUT2D eigenvalue weighted by Crippen LogP contribution is 2.33. The smallest absolute Gasteiger partial charge is 0.216 e. The van der Waals surface area contributed by atoms with E-state index in [-0.39, 0.29) is 6.04 Å². The van der Waals surface area contributed by atoms with Gasteiger partial charge in [0.1, 0.15) is 5.75 Å². The Balaban J connectivity index is 1.84. The largest absolute Gasteiger partial charge is 0.493 e.